The van der Waals surface area contributed by atoms with Crippen molar-refractivity contribution in [3.05, 3.63) is 16.1 Å². The van der Waals surface area contributed by atoms with Gasteiger partial charge in [0.15, 0.2) is 0 Å². The molecule has 3 rings (SSSR count). The number of hydrogen-bond acceptors (Lipinski definition) is 4. The Morgan fingerprint density at radius 1 is 1.40 bits per heavy atom. The summed E-state index contributed by atoms with van der Waals surface area (Å²) in [6, 6.07) is 1.05. The number of nitrogens with one attached hydrogen (secondary N) is 1. The van der Waals surface area contributed by atoms with Gasteiger partial charge in [-0.3, -0.25) is 4.90 Å². The molecule has 2 heterocycles. The molecule has 2 aliphatic rings. The predicted octanol–water partition coefficient (Wildman–Crippen LogP) is 3.51. The van der Waals surface area contributed by atoms with Crippen LogP contribution in [0.4, 0.5) is 0 Å². The summed E-state index contributed by atoms with van der Waals surface area (Å²) in [6.07, 6.45) is 6.89. The molecule has 1 saturated heterocycles. The van der Waals surface area contributed by atoms with Crippen LogP contribution in [0.5, 0.6) is 0 Å². The van der Waals surface area contributed by atoms with Gasteiger partial charge in [-0.1, -0.05) is 19.3 Å². The van der Waals surface area contributed by atoms with Gasteiger partial charge in [-0.25, -0.2) is 4.98 Å². The molecule has 0 amide bonds. The second-order valence-electron chi connectivity index (χ2n) is 6.75. The Kier molecular flexibility index (Phi) is 4.16. The summed E-state index contributed by atoms with van der Waals surface area (Å²) < 4.78 is 0. The first-order valence-electron chi connectivity index (χ1n) is 8.02. The molecule has 2 fully saturated rings. The molecule has 3 nitrogen and oxygen atoms in total. The van der Waals surface area contributed by atoms with E-state index < -0.39 is 0 Å². The number of nitrogens with zero attached hydrogens (tertiary/aromatic N) is 2. The minimum atomic E-state index is 0.380. The molecule has 2 unspecified atom stereocenters. The van der Waals surface area contributed by atoms with Gasteiger partial charge >= 0.3 is 0 Å². The first kappa shape index (κ1) is 14.5. The molecule has 1 aromatic heterocycles. The zero-order valence-electron chi connectivity index (χ0n) is 13.0. The lowest BCUT2D eigenvalue weighted by Gasteiger charge is -2.50. The van der Waals surface area contributed by atoms with Crippen LogP contribution in [0, 0.1) is 6.92 Å². The monoisotopic (exact) mass is 293 g/mol. The summed E-state index contributed by atoms with van der Waals surface area (Å²) >= 11 is 1.82. The van der Waals surface area contributed by atoms with Crippen LogP contribution in [0.15, 0.2) is 5.38 Å². The summed E-state index contributed by atoms with van der Waals surface area (Å²) in [7, 11) is 0. The molecule has 1 saturated carbocycles. The molecule has 1 aliphatic heterocycles. The van der Waals surface area contributed by atoms with E-state index in [0.717, 1.165) is 12.2 Å². The maximum Gasteiger partial charge on any atom is 0.110 e. The SMILES string of the molecule is Cc1csc(C(C)N2CC3(CCCCC3)NCC2C)n1. The second kappa shape index (κ2) is 5.74. The molecule has 20 heavy (non-hydrogen) atoms. The first-order valence-corrected chi connectivity index (χ1v) is 8.90. The fourth-order valence-corrected chi connectivity index (χ4v) is 4.70. The maximum atomic E-state index is 4.71. The summed E-state index contributed by atoms with van der Waals surface area (Å²) in [6.45, 7) is 9.08. The van der Waals surface area contributed by atoms with E-state index >= 15 is 0 Å². The van der Waals surface area contributed by atoms with Gasteiger partial charge in [0.25, 0.3) is 0 Å². The summed E-state index contributed by atoms with van der Waals surface area (Å²) in [5, 5.41) is 7.32. The summed E-state index contributed by atoms with van der Waals surface area (Å²) in [5.41, 5.74) is 1.54. The van der Waals surface area contributed by atoms with Gasteiger partial charge in [-0.05, 0) is 33.6 Å². The van der Waals surface area contributed by atoms with Crippen LogP contribution in [0.3, 0.4) is 0 Å². The van der Waals surface area contributed by atoms with Gasteiger partial charge in [0.2, 0.25) is 0 Å². The van der Waals surface area contributed by atoms with Crippen molar-refractivity contribution < 1.29 is 0 Å². The Balaban J connectivity index is 1.76. The number of aromatic nitrogens is 1. The van der Waals surface area contributed by atoms with Crippen LogP contribution in [0.25, 0.3) is 0 Å². The van der Waals surface area contributed by atoms with Crippen LogP contribution in [-0.4, -0.2) is 34.6 Å². The topological polar surface area (TPSA) is 28.2 Å². The maximum absolute atomic E-state index is 4.71. The van der Waals surface area contributed by atoms with Gasteiger partial charge in [-0.15, -0.1) is 11.3 Å². The van der Waals surface area contributed by atoms with Crippen LogP contribution in [0.1, 0.15) is 62.7 Å². The highest BCUT2D eigenvalue weighted by Crippen LogP contribution is 2.35. The lowest BCUT2D eigenvalue weighted by molar-refractivity contribution is 0.0354. The third kappa shape index (κ3) is 2.78. The average Bonchev–Trinajstić information content (AvgIpc) is 2.89. The second-order valence-corrected chi connectivity index (χ2v) is 7.64. The zero-order valence-corrected chi connectivity index (χ0v) is 13.8. The van der Waals surface area contributed by atoms with Crippen molar-refractivity contribution >= 4 is 11.3 Å². The van der Waals surface area contributed by atoms with Crippen molar-refractivity contribution in [2.75, 3.05) is 13.1 Å². The largest absolute Gasteiger partial charge is 0.308 e. The normalized spacial score (nSPS) is 28.6. The van der Waals surface area contributed by atoms with Gasteiger partial charge in [0.05, 0.1) is 6.04 Å². The third-order valence-electron chi connectivity index (χ3n) is 5.13. The van der Waals surface area contributed by atoms with Crippen molar-refractivity contribution in [2.45, 2.75) is 70.5 Å². The standard InChI is InChI=1S/C16H27N3S/c1-12-10-20-15(18-12)14(3)19-11-16(17-9-13(19)2)7-5-4-6-8-16/h10,13-14,17H,4-9,11H2,1-3H3. The molecule has 1 N–H and O–H groups in total. The van der Waals surface area contributed by atoms with E-state index in [1.807, 2.05) is 11.3 Å². The smallest absolute Gasteiger partial charge is 0.110 e. The molecule has 1 aromatic rings. The van der Waals surface area contributed by atoms with E-state index in [-0.39, 0.29) is 0 Å². The molecule has 112 valence electrons. The van der Waals surface area contributed by atoms with E-state index in [1.54, 1.807) is 0 Å². The molecule has 2 atom stereocenters. The lowest BCUT2D eigenvalue weighted by Crippen LogP contribution is -2.64. The van der Waals surface area contributed by atoms with Crippen molar-refractivity contribution in [3.63, 3.8) is 0 Å². The van der Waals surface area contributed by atoms with Crippen LogP contribution >= 0.6 is 11.3 Å². The number of rotatable bonds is 2. The summed E-state index contributed by atoms with van der Waals surface area (Å²) in [4.78, 5) is 7.39. The van der Waals surface area contributed by atoms with Gasteiger partial charge in [0, 0.05) is 35.7 Å². The van der Waals surface area contributed by atoms with E-state index in [0.29, 0.717) is 17.6 Å². The zero-order chi connectivity index (χ0) is 14.2. The van der Waals surface area contributed by atoms with E-state index in [9.17, 15) is 0 Å². The Morgan fingerprint density at radius 3 is 2.80 bits per heavy atom. The fraction of sp³-hybridized carbons (Fsp3) is 0.812. The highest BCUT2D eigenvalue weighted by molar-refractivity contribution is 7.09. The fourth-order valence-electron chi connectivity index (χ4n) is 3.83. The van der Waals surface area contributed by atoms with Crippen LogP contribution in [0.2, 0.25) is 0 Å². The number of thiazole rings is 1. The van der Waals surface area contributed by atoms with Gasteiger partial charge < -0.3 is 5.32 Å². The van der Waals surface area contributed by atoms with Crippen molar-refractivity contribution in [3.8, 4) is 0 Å². The minimum absolute atomic E-state index is 0.380. The third-order valence-corrected chi connectivity index (χ3v) is 6.26. The Hall–Kier alpha value is -0.450. The van der Waals surface area contributed by atoms with E-state index in [2.05, 4.69) is 36.4 Å². The lowest BCUT2D eigenvalue weighted by atomic mass is 9.79. The average molecular weight is 293 g/mol. The molecule has 0 radical (unpaired) electrons. The number of piperazine rings is 1. The van der Waals surface area contributed by atoms with Crippen molar-refractivity contribution in [1.29, 1.82) is 0 Å². The minimum Gasteiger partial charge on any atom is -0.308 e. The first-order chi connectivity index (χ1) is 9.60. The van der Waals surface area contributed by atoms with E-state index in [1.165, 1.54) is 43.7 Å². The van der Waals surface area contributed by atoms with Gasteiger partial charge in [0.1, 0.15) is 5.01 Å². The predicted molar refractivity (Wildman–Crippen MR) is 85.3 cm³/mol. The molecular weight excluding hydrogens is 266 g/mol. The Labute approximate surface area is 126 Å². The van der Waals surface area contributed by atoms with E-state index in [4.69, 9.17) is 4.98 Å². The summed E-state index contributed by atoms with van der Waals surface area (Å²) in [5.74, 6) is 0. The molecule has 1 spiro atoms. The number of aryl methyl sites for hydroxylation is 1. The molecule has 1 aliphatic carbocycles. The molecular formula is C16H27N3S. The van der Waals surface area contributed by atoms with Crippen LogP contribution in [-0.2, 0) is 0 Å². The number of hydrogen-bond donors (Lipinski definition) is 1. The van der Waals surface area contributed by atoms with Gasteiger partial charge in [-0.2, -0.15) is 0 Å². The Morgan fingerprint density at radius 2 is 2.15 bits per heavy atom. The molecule has 4 heteroatoms. The highest BCUT2D eigenvalue weighted by atomic mass is 32.1. The highest BCUT2D eigenvalue weighted by Gasteiger charge is 2.40. The quantitative estimate of drug-likeness (QED) is 0.904. The Bertz CT molecular complexity index is 450. The molecule has 0 aromatic carbocycles. The van der Waals surface area contributed by atoms with Crippen molar-refractivity contribution in [1.82, 2.24) is 15.2 Å². The van der Waals surface area contributed by atoms with Crippen LogP contribution < -0.4 is 5.32 Å². The molecule has 0 bridgehead atoms. The van der Waals surface area contributed by atoms with Crippen molar-refractivity contribution in [2.24, 2.45) is 0 Å².